The standard InChI is InChI=1S/C24H23N3O5S2/c1-26-22-20(32-4)14-18(31-3)15-21(22)33-24(26)25-23(28)16-10-12-19(13-11-16)34(29,30)27(2)17-8-6-5-7-9-17/h5-15H,1-4H3. The molecule has 0 aliphatic heterocycles. The van der Waals surface area contributed by atoms with Gasteiger partial charge in [0.05, 0.1) is 29.5 Å². The zero-order chi connectivity index (χ0) is 24.5. The molecule has 1 heterocycles. The molecule has 0 bridgehead atoms. The molecule has 0 fully saturated rings. The van der Waals surface area contributed by atoms with Crippen LogP contribution in [0.4, 0.5) is 5.69 Å². The van der Waals surface area contributed by atoms with Crippen molar-refractivity contribution in [2.45, 2.75) is 4.90 Å². The number of aromatic nitrogens is 1. The van der Waals surface area contributed by atoms with Gasteiger partial charge < -0.3 is 14.0 Å². The van der Waals surface area contributed by atoms with Crippen molar-refractivity contribution in [3.63, 3.8) is 0 Å². The smallest absolute Gasteiger partial charge is 0.279 e. The molecule has 0 atom stereocenters. The number of rotatable bonds is 6. The second-order valence-electron chi connectivity index (χ2n) is 7.37. The second-order valence-corrected chi connectivity index (χ2v) is 10.3. The third-order valence-corrected chi connectivity index (χ3v) is 8.25. The van der Waals surface area contributed by atoms with Crippen LogP contribution in [0, 0.1) is 0 Å². The minimum Gasteiger partial charge on any atom is -0.497 e. The Hall–Kier alpha value is -3.63. The van der Waals surface area contributed by atoms with Crippen LogP contribution in [0.15, 0.2) is 76.6 Å². The lowest BCUT2D eigenvalue weighted by Gasteiger charge is -2.19. The predicted molar refractivity (Wildman–Crippen MR) is 132 cm³/mol. The average Bonchev–Trinajstić information content (AvgIpc) is 3.18. The molecule has 1 aromatic heterocycles. The normalized spacial score (nSPS) is 12.1. The SMILES string of the molecule is COc1cc(OC)c2c(c1)sc(=NC(=O)c1ccc(S(=O)(=O)N(C)c3ccccc3)cc1)n2C. The molecule has 0 saturated heterocycles. The summed E-state index contributed by atoms with van der Waals surface area (Å²) in [5, 5.41) is 0. The largest absolute Gasteiger partial charge is 0.497 e. The Morgan fingerprint density at radius 2 is 1.68 bits per heavy atom. The first-order valence-corrected chi connectivity index (χ1v) is 12.5. The van der Waals surface area contributed by atoms with Crippen LogP contribution in [0.5, 0.6) is 11.5 Å². The fourth-order valence-electron chi connectivity index (χ4n) is 3.46. The van der Waals surface area contributed by atoms with Crippen LogP contribution < -0.4 is 18.6 Å². The van der Waals surface area contributed by atoms with Gasteiger partial charge in [0.1, 0.15) is 17.0 Å². The maximum atomic E-state index is 13.0. The number of benzene rings is 3. The van der Waals surface area contributed by atoms with Crippen LogP contribution in [-0.2, 0) is 17.1 Å². The predicted octanol–water partition coefficient (Wildman–Crippen LogP) is 3.82. The van der Waals surface area contributed by atoms with Crippen molar-refractivity contribution in [2.75, 3.05) is 25.6 Å². The number of hydrogen-bond acceptors (Lipinski definition) is 6. The Morgan fingerprint density at radius 3 is 2.29 bits per heavy atom. The number of para-hydroxylation sites is 1. The van der Waals surface area contributed by atoms with Crippen LogP contribution in [0.3, 0.4) is 0 Å². The molecule has 34 heavy (non-hydrogen) atoms. The lowest BCUT2D eigenvalue weighted by molar-refractivity contribution is 0.0998. The molecule has 3 aromatic carbocycles. The van der Waals surface area contributed by atoms with E-state index in [1.54, 1.807) is 56.2 Å². The Balaban J connectivity index is 1.66. The molecule has 0 spiro atoms. The van der Waals surface area contributed by atoms with Crippen LogP contribution in [-0.4, -0.2) is 40.2 Å². The fraction of sp³-hybridized carbons (Fsp3) is 0.167. The lowest BCUT2D eigenvalue weighted by Crippen LogP contribution is -2.26. The number of nitrogens with zero attached hydrogens (tertiary/aromatic N) is 3. The molecule has 0 aliphatic carbocycles. The number of ether oxygens (including phenoxy) is 2. The maximum absolute atomic E-state index is 13.0. The Bertz CT molecular complexity index is 1520. The van der Waals surface area contributed by atoms with Gasteiger partial charge in [0.25, 0.3) is 15.9 Å². The van der Waals surface area contributed by atoms with Crippen LogP contribution >= 0.6 is 11.3 Å². The monoisotopic (exact) mass is 497 g/mol. The van der Waals surface area contributed by atoms with Gasteiger partial charge in [-0.2, -0.15) is 4.99 Å². The number of anilines is 1. The van der Waals surface area contributed by atoms with E-state index in [1.165, 1.54) is 47.0 Å². The number of hydrogen-bond donors (Lipinski definition) is 0. The van der Waals surface area contributed by atoms with Gasteiger partial charge in [0.15, 0.2) is 4.80 Å². The van der Waals surface area contributed by atoms with E-state index in [2.05, 4.69) is 4.99 Å². The highest BCUT2D eigenvalue weighted by molar-refractivity contribution is 7.92. The van der Waals surface area contributed by atoms with Gasteiger partial charge in [-0.1, -0.05) is 29.5 Å². The summed E-state index contributed by atoms with van der Waals surface area (Å²) in [7, 11) is 2.66. The summed E-state index contributed by atoms with van der Waals surface area (Å²) < 4.78 is 40.5. The molecule has 10 heteroatoms. The molecular weight excluding hydrogens is 474 g/mol. The van der Waals surface area contributed by atoms with E-state index in [1.807, 2.05) is 12.1 Å². The molecule has 1 amide bonds. The van der Waals surface area contributed by atoms with Gasteiger partial charge in [-0.3, -0.25) is 9.10 Å². The Kier molecular flexibility index (Phi) is 6.45. The van der Waals surface area contributed by atoms with Gasteiger partial charge >= 0.3 is 0 Å². The van der Waals surface area contributed by atoms with Gasteiger partial charge in [0, 0.05) is 25.7 Å². The summed E-state index contributed by atoms with van der Waals surface area (Å²) in [5.74, 6) is 0.772. The number of methoxy groups -OCH3 is 2. The number of carbonyl (C=O) groups excluding carboxylic acids is 1. The zero-order valence-corrected chi connectivity index (χ0v) is 20.7. The highest BCUT2D eigenvalue weighted by Gasteiger charge is 2.21. The molecule has 0 unspecified atom stereocenters. The number of amides is 1. The molecule has 8 nitrogen and oxygen atoms in total. The van der Waals surface area contributed by atoms with Gasteiger partial charge in [-0.15, -0.1) is 0 Å². The first-order chi connectivity index (χ1) is 16.3. The van der Waals surface area contributed by atoms with Crippen molar-refractivity contribution in [3.05, 3.63) is 77.1 Å². The van der Waals surface area contributed by atoms with E-state index >= 15 is 0 Å². The first kappa shape index (κ1) is 23.5. The second kappa shape index (κ2) is 9.32. The third kappa shape index (κ3) is 4.29. The molecule has 0 N–H and O–H groups in total. The van der Waals surface area contributed by atoms with Crippen molar-refractivity contribution >= 4 is 43.2 Å². The minimum atomic E-state index is -3.77. The number of thiazole rings is 1. The van der Waals surface area contributed by atoms with Crippen LogP contribution in [0.25, 0.3) is 10.2 Å². The number of sulfonamides is 1. The highest BCUT2D eigenvalue weighted by atomic mass is 32.2. The van der Waals surface area contributed by atoms with Gasteiger partial charge in [-0.25, -0.2) is 8.42 Å². The number of carbonyl (C=O) groups is 1. The van der Waals surface area contributed by atoms with Crippen molar-refractivity contribution in [1.82, 2.24) is 4.57 Å². The number of fused-ring (bicyclic) bond motifs is 1. The molecular formula is C24H23N3O5S2. The van der Waals surface area contributed by atoms with E-state index in [0.29, 0.717) is 22.0 Å². The van der Waals surface area contributed by atoms with E-state index in [4.69, 9.17) is 9.47 Å². The van der Waals surface area contributed by atoms with E-state index < -0.39 is 15.9 Å². The molecule has 0 radical (unpaired) electrons. The molecule has 0 saturated carbocycles. The average molecular weight is 498 g/mol. The third-order valence-electron chi connectivity index (χ3n) is 5.37. The first-order valence-electron chi connectivity index (χ1n) is 10.2. The van der Waals surface area contributed by atoms with Gasteiger partial charge in [-0.05, 0) is 42.5 Å². The lowest BCUT2D eigenvalue weighted by atomic mass is 10.2. The summed E-state index contributed by atoms with van der Waals surface area (Å²) in [6.45, 7) is 0. The molecule has 0 aliphatic rings. The van der Waals surface area contributed by atoms with E-state index in [-0.39, 0.29) is 10.5 Å². The van der Waals surface area contributed by atoms with Gasteiger partial charge in [0.2, 0.25) is 0 Å². The topological polar surface area (TPSA) is 90.2 Å². The minimum absolute atomic E-state index is 0.0830. The van der Waals surface area contributed by atoms with E-state index in [9.17, 15) is 13.2 Å². The molecule has 176 valence electrons. The van der Waals surface area contributed by atoms with Crippen molar-refractivity contribution in [3.8, 4) is 11.5 Å². The van der Waals surface area contributed by atoms with Crippen molar-refractivity contribution in [1.29, 1.82) is 0 Å². The summed E-state index contributed by atoms with van der Waals surface area (Å²) >= 11 is 1.33. The van der Waals surface area contributed by atoms with Crippen molar-refractivity contribution < 1.29 is 22.7 Å². The summed E-state index contributed by atoms with van der Waals surface area (Å²) in [6, 6.07) is 18.2. The fourth-order valence-corrected chi connectivity index (χ4v) is 5.71. The highest BCUT2D eigenvalue weighted by Crippen LogP contribution is 2.32. The van der Waals surface area contributed by atoms with E-state index in [0.717, 1.165) is 10.2 Å². The summed E-state index contributed by atoms with van der Waals surface area (Å²) in [4.78, 5) is 17.7. The maximum Gasteiger partial charge on any atom is 0.279 e. The van der Waals surface area contributed by atoms with Crippen molar-refractivity contribution in [2.24, 2.45) is 12.0 Å². The summed E-state index contributed by atoms with van der Waals surface area (Å²) in [6.07, 6.45) is 0. The molecule has 4 aromatic rings. The van der Waals surface area contributed by atoms with Crippen LogP contribution in [0.2, 0.25) is 0 Å². The van der Waals surface area contributed by atoms with Crippen LogP contribution in [0.1, 0.15) is 10.4 Å². The Morgan fingerprint density at radius 1 is 1.00 bits per heavy atom. The molecule has 4 rings (SSSR count). The zero-order valence-electron chi connectivity index (χ0n) is 19.1. The summed E-state index contributed by atoms with van der Waals surface area (Å²) in [5.41, 5.74) is 1.62. The number of aryl methyl sites for hydroxylation is 1. The Labute approximate surface area is 201 Å². The quantitative estimate of drug-likeness (QED) is 0.404.